The van der Waals surface area contributed by atoms with E-state index in [-0.39, 0.29) is 5.92 Å². The second-order valence-corrected chi connectivity index (χ2v) is 10.4. The molecule has 3 aliphatic rings. The van der Waals surface area contributed by atoms with Gasteiger partial charge in [0.25, 0.3) is 0 Å². The van der Waals surface area contributed by atoms with Gasteiger partial charge in [0.1, 0.15) is 5.54 Å². The molecule has 0 amide bonds. The van der Waals surface area contributed by atoms with Gasteiger partial charge in [-0.1, -0.05) is 6.92 Å². The number of aromatic amines is 1. The number of halogens is 3. The maximum absolute atomic E-state index is 13.3. The van der Waals surface area contributed by atoms with Crippen LogP contribution in [0.4, 0.5) is 13.2 Å². The highest BCUT2D eigenvalue weighted by molar-refractivity contribution is 5.86. The molecular weight excluding hydrogens is 431 g/mol. The van der Waals surface area contributed by atoms with Crippen molar-refractivity contribution in [2.45, 2.75) is 56.7 Å². The number of carboxylic acid groups (broad SMARTS) is 1. The molecular formula is C25H32F3N3O2. The quantitative estimate of drug-likeness (QED) is 0.689. The van der Waals surface area contributed by atoms with Gasteiger partial charge in [-0.05, 0) is 93.8 Å². The summed E-state index contributed by atoms with van der Waals surface area (Å²) in [4.78, 5) is 19.8. The van der Waals surface area contributed by atoms with Crippen LogP contribution in [0.1, 0.15) is 55.3 Å². The van der Waals surface area contributed by atoms with Crippen LogP contribution < -0.4 is 0 Å². The summed E-state index contributed by atoms with van der Waals surface area (Å²) in [5, 5.41) is 10.6. The third kappa shape index (κ3) is 3.75. The number of benzene rings is 1. The van der Waals surface area contributed by atoms with Crippen LogP contribution in [0.3, 0.4) is 0 Å². The monoisotopic (exact) mass is 463 g/mol. The Morgan fingerprint density at radius 2 is 2.09 bits per heavy atom. The Hall–Kier alpha value is -2.06. The standard InChI is InChI=1S/C25H32F3N3O2/c1-15-19-14-31(11-8-24(23(32)33)7-3-9-30(24)2)10-6-16(19)12-21-22(15)18-13-17(25(26,27)28)4-5-20(18)29-21/h4-5,13,15-16,19,29H,3,6-12,14H2,1-2H3,(H,32,33)/t15-,16?,19-,24?/m1/s1. The first kappa shape index (κ1) is 22.7. The van der Waals surface area contributed by atoms with Gasteiger partial charge >= 0.3 is 12.1 Å². The number of piperidine rings is 1. The van der Waals surface area contributed by atoms with Gasteiger partial charge < -0.3 is 15.0 Å². The van der Waals surface area contributed by atoms with Gasteiger partial charge in [0.2, 0.25) is 0 Å². The summed E-state index contributed by atoms with van der Waals surface area (Å²) in [6.07, 6.45) is -0.238. The molecule has 0 bridgehead atoms. The van der Waals surface area contributed by atoms with Crippen LogP contribution in [0.15, 0.2) is 18.2 Å². The number of hydrogen-bond acceptors (Lipinski definition) is 3. The predicted molar refractivity (Wildman–Crippen MR) is 120 cm³/mol. The fourth-order valence-corrected chi connectivity index (χ4v) is 6.78. The van der Waals surface area contributed by atoms with Gasteiger partial charge in [0.05, 0.1) is 5.56 Å². The van der Waals surface area contributed by atoms with E-state index in [4.69, 9.17) is 0 Å². The lowest BCUT2D eigenvalue weighted by atomic mass is 9.68. The Bertz CT molecular complexity index is 1070. The lowest BCUT2D eigenvalue weighted by molar-refractivity contribution is -0.149. The predicted octanol–water partition coefficient (Wildman–Crippen LogP) is 4.72. The van der Waals surface area contributed by atoms with Crippen molar-refractivity contribution in [3.8, 4) is 0 Å². The van der Waals surface area contributed by atoms with Crippen molar-refractivity contribution in [3.05, 3.63) is 35.0 Å². The molecule has 1 aliphatic carbocycles. The molecule has 0 saturated carbocycles. The SMILES string of the molecule is C[C@H]1c2c([nH]c3ccc(C(F)(F)F)cc23)CC2CCN(CCC3(C(=O)O)CCCN3C)C[C@@H]21. The minimum absolute atomic E-state index is 0.154. The molecule has 33 heavy (non-hydrogen) atoms. The van der Waals surface area contributed by atoms with E-state index < -0.39 is 23.2 Å². The topological polar surface area (TPSA) is 59.6 Å². The lowest BCUT2D eigenvalue weighted by Gasteiger charge is -2.45. The zero-order valence-electron chi connectivity index (χ0n) is 19.2. The molecule has 5 rings (SSSR count). The molecule has 3 heterocycles. The molecule has 2 aliphatic heterocycles. The van der Waals surface area contributed by atoms with E-state index in [1.54, 1.807) is 6.07 Å². The number of rotatable bonds is 4. The van der Waals surface area contributed by atoms with Gasteiger partial charge in [-0.15, -0.1) is 0 Å². The number of aromatic nitrogens is 1. The molecule has 5 nitrogen and oxygen atoms in total. The second kappa shape index (κ2) is 8.01. The molecule has 0 spiro atoms. The van der Waals surface area contributed by atoms with Gasteiger partial charge in [-0.3, -0.25) is 9.69 Å². The molecule has 180 valence electrons. The smallest absolute Gasteiger partial charge is 0.416 e. The zero-order valence-corrected chi connectivity index (χ0v) is 19.2. The number of nitrogens with one attached hydrogen (secondary N) is 1. The van der Waals surface area contributed by atoms with Crippen molar-refractivity contribution in [1.29, 1.82) is 0 Å². The van der Waals surface area contributed by atoms with Gasteiger partial charge in [0.15, 0.2) is 0 Å². The summed E-state index contributed by atoms with van der Waals surface area (Å²) in [7, 11) is 1.91. The number of aliphatic carboxylic acids is 1. The number of likely N-dealkylation sites (N-methyl/N-ethyl adjacent to an activating group) is 1. The van der Waals surface area contributed by atoms with Gasteiger partial charge in [-0.25, -0.2) is 0 Å². The van der Waals surface area contributed by atoms with Crippen molar-refractivity contribution < 1.29 is 23.1 Å². The van der Waals surface area contributed by atoms with Gasteiger partial charge in [0, 0.05) is 29.7 Å². The Kier molecular flexibility index (Phi) is 5.52. The average molecular weight is 464 g/mol. The van der Waals surface area contributed by atoms with Crippen molar-refractivity contribution in [1.82, 2.24) is 14.8 Å². The van der Waals surface area contributed by atoms with Crippen molar-refractivity contribution in [2.24, 2.45) is 11.8 Å². The van der Waals surface area contributed by atoms with E-state index in [9.17, 15) is 23.1 Å². The molecule has 4 atom stereocenters. The number of nitrogens with zero attached hydrogens (tertiary/aromatic N) is 2. The molecule has 2 N–H and O–H groups in total. The number of alkyl halides is 3. The summed E-state index contributed by atoms with van der Waals surface area (Å²) in [5.74, 6) is 0.289. The summed E-state index contributed by atoms with van der Waals surface area (Å²) in [5.41, 5.74) is 1.53. The summed E-state index contributed by atoms with van der Waals surface area (Å²) in [6.45, 7) is 5.52. The van der Waals surface area contributed by atoms with E-state index >= 15 is 0 Å². The number of fused-ring (bicyclic) bond motifs is 4. The van der Waals surface area contributed by atoms with E-state index in [1.807, 2.05) is 11.9 Å². The molecule has 1 aromatic heterocycles. The zero-order chi connectivity index (χ0) is 23.5. The highest BCUT2D eigenvalue weighted by atomic mass is 19.4. The first-order chi connectivity index (χ1) is 15.6. The fourth-order valence-electron chi connectivity index (χ4n) is 6.78. The number of carbonyl (C=O) groups is 1. The third-order valence-electron chi connectivity index (χ3n) is 8.76. The second-order valence-electron chi connectivity index (χ2n) is 10.4. The van der Waals surface area contributed by atoms with Crippen LogP contribution in [0, 0.1) is 11.8 Å². The van der Waals surface area contributed by atoms with Crippen LogP contribution in [-0.4, -0.2) is 64.6 Å². The van der Waals surface area contributed by atoms with Crippen LogP contribution in [-0.2, 0) is 17.4 Å². The Labute approximate surface area is 191 Å². The van der Waals surface area contributed by atoms with Crippen molar-refractivity contribution >= 4 is 16.9 Å². The van der Waals surface area contributed by atoms with Crippen LogP contribution in [0.25, 0.3) is 10.9 Å². The fraction of sp³-hybridized carbons (Fsp3) is 0.640. The molecule has 2 saturated heterocycles. The Morgan fingerprint density at radius 3 is 2.76 bits per heavy atom. The molecule has 1 aromatic carbocycles. The highest BCUT2D eigenvalue weighted by Crippen LogP contribution is 2.47. The van der Waals surface area contributed by atoms with Crippen LogP contribution in [0.5, 0.6) is 0 Å². The van der Waals surface area contributed by atoms with Crippen LogP contribution in [0.2, 0.25) is 0 Å². The first-order valence-electron chi connectivity index (χ1n) is 12.0. The lowest BCUT2D eigenvalue weighted by Crippen LogP contribution is -2.52. The van der Waals surface area contributed by atoms with Crippen molar-refractivity contribution in [2.75, 3.05) is 33.2 Å². The molecule has 2 aromatic rings. The Morgan fingerprint density at radius 1 is 1.30 bits per heavy atom. The number of H-pyrrole nitrogens is 1. The Balaban J connectivity index is 1.36. The van der Waals surface area contributed by atoms with Crippen LogP contribution >= 0.6 is 0 Å². The van der Waals surface area contributed by atoms with E-state index in [0.717, 1.165) is 68.3 Å². The molecule has 0 radical (unpaired) electrons. The van der Waals surface area contributed by atoms with E-state index in [0.29, 0.717) is 30.1 Å². The highest BCUT2D eigenvalue weighted by Gasteiger charge is 2.46. The van der Waals surface area contributed by atoms with E-state index in [1.165, 1.54) is 6.07 Å². The average Bonchev–Trinajstić information content (AvgIpc) is 3.32. The number of carboxylic acids is 1. The molecule has 2 unspecified atom stereocenters. The van der Waals surface area contributed by atoms with Gasteiger partial charge in [-0.2, -0.15) is 13.2 Å². The first-order valence-corrected chi connectivity index (χ1v) is 12.0. The minimum Gasteiger partial charge on any atom is -0.480 e. The molecule has 2 fully saturated rings. The summed E-state index contributed by atoms with van der Waals surface area (Å²) < 4.78 is 40.0. The maximum atomic E-state index is 13.3. The number of likely N-dealkylation sites (tertiary alicyclic amines) is 2. The van der Waals surface area contributed by atoms with Crippen molar-refractivity contribution in [3.63, 3.8) is 0 Å². The third-order valence-corrected chi connectivity index (χ3v) is 8.76. The normalized spacial score (nSPS) is 31.0. The number of hydrogen-bond donors (Lipinski definition) is 2. The largest absolute Gasteiger partial charge is 0.480 e. The molecule has 8 heteroatoms. The summed E-state index contributed by atoms with van der Waals surface area (Å²) >= 11 is 0. The summed E-state index contributed by atoms with van der Waals surface area (Å²) in [6, 6.07) is 4.01. The minimum atomic E-state index is -4.35. The van der Waals surface area contributed by atoms with E-state index in [2.05, 4.69) is 16.8 Å². The maximum Gasteiger partial charge on any atom is 0.416 e.